The first kappa shape index (κ1) is 21.3. The fourth-order valence-electron chi connectivity index (χ4n) is 4.18. The lowest BCUT2D eigenvalue weighted by Crippen LogP contribution is -2.47. The van der Waals surface area contributed by atoms with E-state index in [4.69, 9.17) is 0 Å². The standard InChI is InChI=1S/C22H29N3OS.ClH/c1-2-17-3-5-18(6-4-17)20-15-23-10-13-24(20)12-8-22(26)25-11-7-21-19(16-25)9-14-27-21;/h3-6,9,14,20,23H,2,7-8,10-13,15-16H2,1H3;1H. The normalized spacial score (nSPS) is 19.8. The second kappa shape index (κ2) is 9.88. The van der Waals surface area contributed by atoms with Crippen LogP contribution < -0.4 is 5.32 Å². The summed E-state index contributed by atoms with van der Waals surface area (Å²) in [5.74, 6) is 0.297. The zero-order valence-electron chi connectivity index (χ0n) is 16.5. The highest BCUT2D eigenvalue weighted by molar-refractivity contribution is 7.10. The number of nitrogens with zero attached hydrogens (tertiary/aromatic N) is 2. The van der Waals surface area contributed by atoms with Gasteiger partial charge in [-0.15, -0.1) is 23.7 Å². The van der Waals surface area contributed by atoms with Crippen LogP contribution in [0, 0.1) is 0 Å². The Morgan fingerprint density at radius 3 is 2.82 bits per heavy atom. The number of benzene rings is 1. The van der Waals surface area contributed by atoms with E-state index < -0.39 is 0 Å². The predicted molar refractivity (Wildman–Crippen MR) is 118 cm³/mol. The van der Waals surface area contributed by atoms with Crippen LogP contribution in [0.15, 0.2) is 35.7 Å². The molecule has 0 bridgehead atoms. The average molecular weight is 420 g/mol. The minimum absolute atomic E-state index is 0. The SMILES string of the molecule is CCc1ccc(C2CNCCN2CCC(=O)N2CCc3sccc3C2)cc1.Cl. The number of piperazine rings is 1. The number of hydrogen-bond acceptors (Lipinski definition) is 4. The lowest BCUT2D eigenvalue weighted by atomic mass is 10.0. The van der Waals surface area contributed by atoms with E-state index in [1.807, 2.05) is 16.2 Å². The Labute approximate surface area is 178 Å². The van der Waals surface area contributed by atoms with Crippen molar-refractivity contribution in [3.05, 3.63) is 57.3 Å². The van der Waals surface area contributed by atoms with Gasteiger partial charge in [-0.25, -0.2) is 0 Å². The molecule has 2 aliphatic heterocycles. The Hall–Kier alpha value is -1.40. The number of carbonyl (C=O) groups is 1. The third kappa shape index (κ3) is 4.77. The summed E-state index contributed by atoms with van der Waals surface area (Å²) in [6.45, 7) is 7.66. The van der Waals surface area contributed by atoms with Crippen molar-refractivity contribution in [2.45, 2.75) is 38.8 Å². The average Bonchev–Trinajstić information content (AvgIpc) is 3.20. The molecule has 1 atom stereocenters. The molecule has 0 spiro atoms. The van der Waals surface area contributed by atoms with Gasteiger partial charge < -0.3 is 10.2 Å². The van der Waals surface area contributed by atoms with Crippen molar-refractivity contribution < 1.29 is 4.79 Å². The van der Waals surface area contributed by atoms with Crippen molar-refractivity contribution in [3.63, 3.8) is 0 Å². The van der Waals surface area contributed by atoms with E-state index in [0.29, 0.717) is 18.4 Å². The van der Waals surface area contributed by atoms with Crippen molar-refractivity contribution in [2.24, 2.45) is 0 Å². The first-order valence-electron chi connectivity index (χ1n) is 10.1. The lowest BCUT2D eigenvalue weighted by Gasteiger charge is -2.37. The molecule has 6 heteroatoms. The Morgan fingerprint density at radius 1 is 1.21 bits per heavy atom. The van der Waals surface area contributed by atoms with Crippen LogP contribution in [0.25, 0.3) is 0 Å². The van der Waals surface area contributed by atoms with Gasteiger partial charge in [-0.1, -0.05) is 31.2 Å². The first-order valence-corrected chi connectivity index (χ1v) is 11.0. The van der Waals surface area contributed by atoms with Crippen molar-refractivity contribution in [1.82, 2.24) is 15.1 Å². The molecule has 0 radical (unpaired) electrons. The molecular formula is C22H30ClN3OS. The lowest BCUT2D eigenvalue weighted by molar-refractivity contribution is -0.132. The number of nitrogens with one attached hydrogen (secondary N) is 1. The largest absolute Gasteiger partial charge is 0.338 e. The molecule has 2 aromatic rings. The van der Waals surface area contributed by atoms with Crippen LogP contribution in [0.1, 0.15) is 41.0 Å². The van der Waals surface area contributed by atoms with Crippen molar-refractivity contribution >= 4 is 29.7 Å². The van der Waals surface area contributed by atoms with Crippen LogP contribution >= 0.6 is 23.7 Å². The third-order valence-electron chi connectivity index (χ3n) is 5.90. The summed E-state index contributed by atoms with van der Waals surface area (Å²) in [6, 6.07) is 11.5. The molecule has 0 saturated carbocycles. The van der Waals surface area contributed by atoms with Gasteiger partial charge in [-0.05, 0) is 41.0 Å². The number of hydrogen-bond donors (Lipinski definition) is 1. The van der Waals surface area contributed by atoms with Crippen LogP contribution in [0.5, 0.6) is 0 Å². The molecular weight excluding hydrogens is 390 g/mol. The van der Waals surface area contributed by atoms with Crippen molar-refractivity contribution in [1.29, 1.82) is 0 Å². The van der Waals surface area contributed by atoms with Crippen LogP contribution in [-0.4, -0.2) is 48.4 Å². The van der Waals surface area contributed by atoms with Gasteiger partial charge in [0.25, 0.3) is 0 Å². The second-order valence-corrected chi connectivity index (χ2v) is 8.54. The number of aryl methyl sites for hydroxylation is 1. The zero-order chi connectivity index (χ0) is 18.6. The Morgan fingerprint density at radius 2 is 2.04 bits per heavy atom. The van der Waals surface area contributed by atoms with Crippen LogP contribution in [-0.2, 0) is 24.2 Å². The minimum Gasteiger partial charge on any atom is -0.338 e. The maximum absolute atomic E-state index is 12.8. The van der Waals surface area contributed by atoms with Crippen LogP contribution in [0.2, 0.25) is 0 Å². The van der Waals surface area contributed by atoms with E-state index in [9.17, 15) is 4.79 Å². The molecule has 28 heavy (non-hydrogen) atoms. The van der Waals surface area contributed by atoms with Crippen molar-refractivity contribution in [2.75, 3.05) is 32.7 Å². The van der Waals surface area contributed by atoms with Crippen molar-refractivity contribution in [3.8, 4) is 0 Å². The summed E-state index contributed by atoms with van der Waals surface area (Å²) in [7, 11) is 0. The van der Waals surface area contributed by atoms with Gasteiger partial charge in [0.2, 0.25) is 5.91 Å². The van der Waals surface area contributed by atoms with Crippen LogP contribution in [0.3, 0.4) is 0 Å². The Bertz CT molecular complexity index is 776. The molecule has 4 rings (SSSR count). The first-order chi connectivity index (χ1) is 13.2. The van der Waals surface area contributed by atoms with Gasteiger partial charge in [-0.2, -0.15) is 0 Å². The number of amides is 1. The molecule has 2 aliphatic rings. The summed E-state index contributed by atoms with van der Waals surface area (Å²) in [5, 5.41) is 5.66. The van der Waals surface area contributed by atoms with E-state index in [1.165, 1.54) is 21.6 Å². The van der Waals surface area contributed by atoms with E-state index in [2.05, 4.69) is 52.9 Å². The molecule has 3 heterocycles. The highest BCUT2D eigenvalue weighted by Crippen LogP contribution is 2.26. The molecule has 4 nitrogen and oxygen atoms in total. The summed E-state index contributed by atoms with van der Waals surface area (Å²) in [6.07, 6.45) is 2.70. The quantitative estimate of drug-likeness (QED) is 0.803. The Balaban J connectivity index is 0.00000225. The smallest absolute Gasteiger partial charge is 0.224 e. The molecule has 1 fully saturated rings. The van der Waals surface area contributed by atoms with Gasteiger partial charge in [0.15, 0.2) is 0 Å². The van der Waals surface area contributed by atoms with Gasteiger partial charge in [0.05, 0.1) is 0 Å². The monoisotopic (exact) mass is 419 g/mol. The molecule has 1 saturated heterocycles. The van der Waals surface area contributed by atoms with E-state index in [1.54, 1.807) is 0 Å². The topological polar surface area (TPSA) is 35.6 Å². The summed E-state index contributed by atoms with van der Waals surface area (Å²) >= 11 is 1.82. The molecule has 1 amide bonds. The van der Waals surface area contributed by atoms with Gasteiger partial charge in [-0.3, -0.25) is 9.69 Å². The predicted octanol–water partition coefficient (Wildman–Crippen LogP) is 3.65. The molecule has 1 aromatic carbocycles. The molecule has 1 N–H and O–H groups in total. The van der Waals surface area contributed by atoms with E-state index in [0.717, 1.165) is 52.1 Å². The van der Waals surface area contributed by atoms with E-state index >= 15 is 0 Å². The third-order valence-corrected chi connectivity index (χ3v) is 6.92. The number of fused-ring (bicyclic) bond motifs is 1. The van der Waals surface area contributed by atoms with Gasteiger partial charge >= 0.3 is 0 Å². The number of carbonyl (C=O) groups excluding carboxylic acids is 1. The maximum atomic E-state index is 12.8. The molecule has 152 valence electrons. The molecule has 1 aromatic heterocycles. The number of halogens is 1. The molecule has 1 unspecified atom stereocenters. The van der Waals surface area contributed by atoms with Gasteiger partial charge in [0, 0.05) is 56.6 Å². The fraction of sp³-hybridized carbons (Fsp3) is 0.500. The van der Waals surface area contributed by atoms with Crippen LogP contribution in [0.4, 0.5) is 0 Å². The van der Waals surface area contributed by atoms with Gasteiger partial charge in [0.1, 0.15) is 0 Å². The maximum Gasteiger partial charge on any atom is 0.224 e. The summed E-state index contributed by atoms with van der Waals surface area (Å²) in [5.41, 5.74) is 4.07. The minimum atomic E-state index is 0. The summed E-state index contributed by atoms with van der Waals surface area (Å²) < 4.78 is 0. The zero-order valence-corrected chi connectivity index (χ0v) is 18.2. The number of rotatable bonds is 5. The highest BCUT2D eigenvalue weighted by Gasteiger charge is 2.26. The Kier molecular flexibility index (Phi) is 7.52. The van der Waals surface area contributed by atoms with E-state index in [-0.39, 0.29) is 12.4 Å². The number of thiophene rings is 1. The molecule has 0 aliphatic carbocycles. The summed E-state index contributed by atoms with van der Waals surface area (Å²) in [4.78, 5) is 18.8. The second-order valence-electron chi connectivity index (χ2n) is 7.54. The highest BCUT2D eigenvalue weighted by atomic mass is 35.5. The fourth-order valence-corrected chi connectivity index (χ4v) is 5.07.